The third-order valence-electron chi connectivity index (χ3n) is 4.29. The minimum atomic E-state index is -1.04. The highest BCUT2D eigenvalue weighted by atomic mass is 32.2. The molecule has 0 fully saturated rings. The minimum absolute atomic E-state index is 0.542. The molecule has 1 atom stereocenters. The molecular formula is C20H20N4O2S. The summed E-state index contributed by atoms with van der Waals surface area (Å²) in [7, 11) is 0. The molecule has 4 aromatic rings. The van der Waals surface area contributed by atoms with Gasteiger partial charge >= 0.3 is 0 Å². The van der Waals surface area contributed by atoms with Crippen LogP contribution in [0.25, 0.3) is 33.3 Å². The predicted molar refractivity (Wildman–Crippen MR) is 107 cm³/mol. The van der Waals surface area contributed by atoms with Gasteiger partial charge in [0, 0.05) is 5.39 Å². The lowest BCUT2D eigenvalue weighted by Crippen LogP contribution is -2.06. The van der Waals surface area contributed by atoms with Crippen molar-refractivity contribution in [3.05, 3.63) is 42.9 Å². The van der Waals surface area contributed by atoms with Crippen LogP contribution in [0.4, 0.5) is 0 Å². The molecule has 1 unspecified atom stereocenters. The van der Waals surface area contributed by atoms with Crippen molar-refractivity contribution in [1.29, 1.82) is 0 Å². The van der Waals surface area contributed by atoms with E-state index in [9.17, 15) is 4.55 Å². The van der Waals surface area contributed by atoms with E-state index >= 15 is 0 Å². The third kappa shape index (κ3) is 3.36. The predicted octanol–water partition coefficient (Wildman–Crippen LogP) is 4.09. The van der Waals surface area contributed by atoms with Crippen LogP contribution in [-0.4, -0.2) is 36.8 Å². The van der Waals surface area contributed by atoms with E-state index in [-0.39, 0.29) is 0 Å². The molecule has 0 bridgehead atoms. The molecule has 1 N–H and O–H groups in total. The van der Waals surface area contributed by atoms with E-state index < -0.39 is 11.2 Å². The van der Waals surface area contributed by atoms with Crippen LogP contribution in [-0.2, 0) is 11.2 Å². The zero-order valence-corrected chi connectivity index (χ0v) is 16.0. The number of hydrogen-bond acceptors (Lipinski definition) is 5. The van der Waals surface area contributed by atoms with Gasteiger partial charge in [-0.15, -0.1) is 0 Å². The Balaban J connectivity index is 1.94. The van der Waals surface area contributed by atoms with Crippen LogP contribution in [0.2, 0.25) is 0 Å². The number of H-pyrrole nitrogens is 1. The van der Waals surface area contributed by atoms with Gasteiger partial charge in [0.2, 0.25) is 0 Å². The molecule has 0 aliphatic rings. The fraction of sp³-hybridized carbons (Fsp3) is 0.250. The van der Waals surface area contributed by atoms with E-state index in [1.807, 2.05) is 44.2 Å². The zero-order chi connectivity index (χ0) is 18.8. The summed E-state index contributed by atoms with van der Waals surface area (Å²) in [5.74, 6) is 2.03. The molecule has 0 aliphatic carbocycles. The first-order valence-electron chi connectivity index (χ1n) is 8.95. The van der Waals surface area contributed by atoms with Gasteiger partial charge in [-0.2, -0.15) is 0 Å². The maximum Gasteiger partial charge on any atom is 0.161 e. The molecule has 7 heteroatoms. The van der Waals surface area contributed by atoms with Crippen LogP contribution in [0.1, 0.15) is 20.3 Å². The van der Waals surface area contributed by atoms with Crippen LogP contribution < -0.4 is 4.74 Å². The van der Waals surface area contributed by atoms with Gasteiger partial charge in [-0.1, -0.05) is 19.1 Å². The van der Waals surface area contributed by atoms with Gasteiger partial charge in [-0.05, 0) is 48.1 Å². The second-order valence-corrected chi connectivity index (χ2v) is 7.69. The number of nitrogens with zero attached hydrogens (tertiary/aromatic N) is 3. The highest BCUT2D eigenvalue weighted by Gasteiger charge is 2.19. The van der Waals surface area contributed by atoms with Crippen molar-refractivity contribution in [2.75, 3.05) is 12.4 Å². The van der Waals surface area contributed by atoms with Crippen LogP contribution >= 0.6 is 0 Å². The number of hydrogen-bond donors (Lipinski definition) is 1. The average molecular weight is 380 g/mol. The molecule has 138 valence electrons. The molecular weight excluding hydrogens is 360 g/mol. The highest BCUT2D eigenvalue weighted by Crippen LogP contribution is 2.36. The molecule has 2 heterocycles. The van der Waals surface area contributed by atoms with Gasteiger partial charge < -0.3 is 14.3 Å². The summed E-state index contributed by atoms with van der Waals surface area (Å²) in [6.07, 6.45) is 4.03. The summed E-state index contributed by atoms with van der Waals surface area (Å²) in [5.41, 5.74) is 2.19. The Bertz CT molecular complexity index is 1060. The van der Waals surface area contributed by atoms with Crippen molar-refractivity contribution in [3.8, 4) is 17.1 Å². The Hall–Kier alpha value is -2.64. The number of fused-ring (bicyclic) bond motifs is 2. The van der Waals surface area contributed by atoms with Crippen molar-refractivity contribution in [2.45, 2.75) is 25.2 Å². The van der Waals surface area contributed by atoms with E-state index in [1.54, 1.807) is 6.20 Å². The van der Waals surface area contributed by atoms with Gasteiger partial charge in [-0.3, -0.25) is 0 Å². The number of benzene rings is 2. The fourth-order valence-electron chi connectivity index (χ4n) is 3.12. The quantitative estimate of drug-likeness (QED) is 0.509. The lowest BCUT2D eigenvalue weighted by molar-refractivity contribution is 0.342. The van der Waals surface area contributed by atoms with Crippen molar-refractivity contribution < 1.29 is 9.29 Å². The number of imidazole rings is 1. The standard InChI is InChI=1S/C20H20N4O2S/c1-3-8-27(25)18-7-5-6-13-9-17(26-4-2)15(10-14(13)18)19-23-16-11-21-12-22-20(16)24-19/h5-7,9-12H,3-4,8H2,1-2H3,(H,21,22,23,24). The molecule has 4 rings (SSSR count). The maximum absolute atomic E-state index is 12.7. The second kappa shape index (κ2) is 7.54. The number of aromatic amines is 1. The summed E-state index contributed by atoms with van der Waals surface area (Å²) < 4.78 is 18.6. The molecule has 2 aromatic heterocycles. The maximum atomic E-state index is 12.7. The van der Waals surface area contributed by atoms with E-state index in [0.717, 1.165) is 33.4 Å². The van der Waals surface area contributed by atoms with E-state index in [1.165, 1.54) is 6.33 Å². The highest BCUT2D eigenvalue weighted by molar-refractivity contribution is 7.91. The van der Waals surface area contributed by atoms with Crippen molar-refractivity contribution >= 4 is 33.1 Å². The van der Waals surface area contributed by atoms with Gasteiger partial charge in [0.1, 0.15) is 29.2 Å². The van der Waals surface area contributed by atoms with E-state index in [0.29, 0.717) is 29.3 Å². The number of rotatable bonds is 6. The van der Waals surface area contributed by atoms with Crippen LogP contribution in [0.5, 0.6) is 5.75 Å². The molecule has 0 saturated heterocycles. The smallest absolute Gasteiger partial charge is 0.161 e. The van der Waals surface area contributed by atoms with Gasteiger partial charge in [0.25, 0.3) is 0 Å². The monoisotopic (exact) mass is 380 g/mol. The minimum Gasteiger partial charge on any atom is -0.611 e. The summed E-state index contributed by atoms with van der Waals surface area (Å²) in [5, 5.41) is 1.95. The third-order valence-corrected chi connectivity index (χ3v) is 5.92. The molecule has 27 heavy (non-hydrogen) atoms. The molecule has 0 saturated carbocycles. The summed E-state index contributed by atoms with van der Waals surface area (Å²) >= 11 is -1.04. The largest absolute Gasteiger partial charge is 0.611 e. The number of ether oxygens (including phenoxy) is 1. The molecule has 0 spiro atoms. The average Bonchev–Trinajstić information content (AvgIpc) is 3.11. The second-order valence-electron chi connectivity index (χ2n) is 6.15. The van der Waals surface area contributed by atoms with Crippen LogP contribution in [0.3, 0.4) is 0 Å². The fourth-order valence-corrected chi connectivity index (χ4v) is 4.36. The molecule has 0 amide bonds. The zero-order valence-electron chi connectivity index (χ0n) is 15.2. The van der Waals surface area contributed by atoms with Crippen molar-refractivity contribution in [1.82, 2.24) is 19.9 Å². The lowest BCUT2D eigenvalue weighted by atomic mass is 10.1. The summed E-state index contributed by atoms with van der Waals surface area (Å²) in [4.78, 5) is 16.9. The SMILES string of the molecule is CCC[S+]([O-])c1cccc2cc(OCC)c(-c3nc4cncnc4[nH]3)cc12. The Morgan fingerprint density at radius 3 is 2.89 bits per heavy atom. The van der Waals surface area contributed by atoms with Crippen LogP contribution in [0, 0.1) is 0 Å². The molecule has 0 radical (unpaired) electrons. The summed E-state index contributed by atoms with van der Waals surface area (Å²) in [6, 6.07) is 9.88. The van der Waals surface area contributed by atoms with Gasteiger partial charge in [0.15, 0.2) is 10.5 Å². The van der Waals surface area contributed by atoms with Gasteiger partial charge in [-0.25, -0.2) is 15.0 Å². The molecule has 6 nitrogen and oxygen atoms in total. The topological polar surface area (TPSA) is 86.8 Å². The number of aromatic nitrogens is 4. The van der Waals surface area contributed by atoms with Crippen LogP contribution in [0.15, 0.2) is 47.8 Å². The van der Waals surface area contributed by atoms with Crippen molar-refractivity contribution in [2.24, 2.45) is 0 Å². The Morgan fingerprint density at radius 1 is 1.22 bits per heavy atom. The molecule has 0 aliphatic heterocycles. The first kappa shape index (κ1) is 17.8. The first-order chi connectivity index (χ1) is 13.2. The Morgan fingerprint density at radius 2 is 2.11 bits per heavy atom. The van der Waals surface area contributed by atoms with E-state index in [4.69, 9.17) is 4.74 Å². The molecule has 2 aromatic carbocycles. The lowest BCUT2D eigenvalue weighted by Gasteiger charge is -2.15. The van der Waals surface area contributed by atoms with Gasteiger partial charge in [0.05, 0.1) is 18.4 Å². The normalized spacial score (nSPS) is 12.6. The first-order valence-corrected chi connectivity index (χ1v) is 10.3. The number of nitrogens with one attached hydrogen (secondary N) is 1. The van der Waals surface area contributed by atoms with Crippen molar-refractivity contribution in [3.63, 3.8) is 0 Å². The Labute approximate surface area is 160 Å². The summed E-state index contributed by atoms with van der Waals surface area (Å²) in [6.45, 7) is 4.53. The Kier molecular flexibility index (Phi) is 4.96. The van der Waals surface area contributed by atoms with E-state index in [2.05, 4.69) is 19.9 Å².